The second-order valence-electron chi connectivity index (χ2n) is 8.26. The zero-order valence-electron chi connectivity index (χ0n) is 18.9. The molecule has 8 nitrogen and oxygen atoms in total. The number of hydrogen-bond donors (Lipinski definition) is 2. The standard InChI is InChI=1S/C24H28N4O4S/c1-4-31-22-11-6-5-10-20(22)21-14-23-27-24(26-21)28-33(29,30)19-9-7-8-17(13-19)25-18(15-32-23)12-16(2)3/h5-11,13-14,16,18,25H,4,12,15H2,1-3H3,(H,26,27,28)/t18-/m1/s1. The van der Waals surface area contributed by atoms with Gasteiger partial charge in [-0.1, -0.05) is 32.0 Å². The van der Waals surface area contributed by atoms with E-state index in [2.05, 4.69) is 33.9 Å². The molecule has 2 heterocycles. The van der Waals surface area contributed by atoms with E-state index in [1.807, 2.05) is 37.3 Å². The van der Waals surface area contributed by atoms with E-state index < -0.39 is 10.0 Å². The molecule has 2 aromatic carbocycles. The lowest BCUT2D eigenvalue weighted by Gasteiger charge is -2.23. The van der Waals surface area contributed by atoms with Crippen molar-refractivity contribution in [1.29, 1.82) is 0 Å². The second kappa shape index (κ2) is 9.66. The van der Waals surface area contributed by atoms with Crippen LogP contribution < -0.4 is 19.5 Å². The number of anilines is 2. The van der Waals surface area contributed by atoms with Crippen molar-refractivity contribution >= 4 is 21.7 Å². The van der Waals surface area contributed by atoms with Gasteiger partial charge in [0.15, 0.2) is 0 Å². The highest BCUT2D eigenvalue weighted by molar-refractivity contribution is 7.92. The zero-order chi connectivity index (χ0) is 23.4. The van der Waals surface area contributed by atoms with Crippen LogP contribution in [0.5, 0.6) is 11.6 Å². The Balaban J connectivity index is 1.81. The van der Waals surface area contributed by atoms with Crippen molar-refractivity contribution in [3.05, 3.63) is 54.6 Å². The Morgan fingerprint density at radius 1 is 1.12 bits per heavy atom. The number of rotatable bonds is 5. The number of hydrogen-bond acceptors (Lipinski definition) is 7. The van der Waals surface area contributed by atoms with E-state index in [1.54, 1.807) is 24.3 Å². The topological polar surface area (TPSA) is 102 Å². The Labute approximate surface area is 194 Å². The molecule has 0 fully saturated rings. The van der Waals surface area contributed by atoms with Crippen molar-refractivity contribution < 1.29 is 17.9 Å². The third-order valence-electron chi connectivity index (χ3n) is 5.09. The first-order chi connectivity index (χ1) is 15.8. The summed E-state index contributed by atoms with van der Waals surface area (Å²) < 4.78 is 40.4. The monoisotopic (exact) mass is 468 g/mol. The lowest BCUT2D eigenvalue weighted by atomic mass is 10.0. The Morgan fingerprint density at radius 3 is 2.73 bits per heavy atom. The van der Waals surface area contributed by atoms with Gasteiger partial charge in [-0.15, -0.1) is 0 Å². The van der Waals surface area contributed by atoms with E-state index in [-0.39, 0.29) is 22.8 Å². The fourth-order valence-electron chi connectivity index (χ4n) is 3.73. The minimum atomic E-state index is -3.91. The Morgan fingerprint density at radius 2 is 1.94 bits per heavy atom. The molecular weight excluding hydrogens is 440 g/mol. The molecule has 1 atom stereocenters. The molecule has 4 bridgehead atoms. The van der Waals surface area contributed by atoms with E-state index in [1.165, 1.54) is 0 Å². The summed E-state index contributed by atoms with van der Waals surface area (Å²) in [7, 11) is -3.91. The molecule has 1 aliphatic heterocycles. The molecule has 0 saturated heterocycles. The van der Waals surface area contributed by atoms with Gasteiger partial charge in [0.1, 0.15) is 12.4 Å². The maximum Gasteiger partial charge on any atom is 0.264 e. The quantitative estimate of drug-likeness (QED) is 0.566. The van der Waals surface area contributed by atoms with Crippen molar-refractivity contribution in [1.82, 2.24) is 9.97 Å². The molecule has 0 radical (unpaired) electrons. The second-order valence-corrected chi connectivity index (χ2v) is 9.94. The minimum Gasteiger partial charge on any atom is -0.493 e. The van der Waals surface area contributed by atoms with Crippen LogP contribution in [0.2, 0.25) is 0 Å². The Hall–Kier alpha value is -3.33. The summed E-state index contributed by atoms with van der Waals surface area (Å²) in [6.45, 7) is 7.02. The lowest BCUT2D eigenvalue weighted by Crippen LogP contribution is -2.29. The van der Waals surface area contributed by atoms with Crippen molar-refractivity contribution in [2.75, 3.05) is 23.3 Å². The van der Waals surface area contributed by atoms with E-state index in [4.69, 9.17) is 9.47 Å². The zero-order valence-corrected chi connectivity index (χ0v) is 19.7. The van der Waals surface area contributed by atoms with Crippen LogP contribution in [-0.4, -0.2) is 37.6 Å². The molecule has 0 spiro atoms. The summed E-state index contributed by atoms with van der Waals surface area (Å²) in [5.41, 5.74) is 1.93. The van der Waals surface area contributed by atoms with Gasteiger partial charge in [0.2, 0.25) is 11.8 Å². The SMILES string of the molecule is CCOc1ccccc1-c1cc2nc(n1)NS(=O)(=O)c1cccc(c1)N[C@H](CC(C)C)CO2. The van der Waals surface area contributed by atoms with Gasteiger partial charge < -0.3 is 14.8 Å². The number of ether oxygens (including phenoxy) is 2. The fourth-order valence-corrected chi connectivity index (χ4v) is 4.72. The molecule has 3 aromatic rings. The molecular formula is C24H28N4O4S. The molecule has 0 unspecified atom stereocenters. The van der Waals surface area contributed by atoms with Gasteiger partial charge in [-0.3, -0.25) is 0 Å². The van der Waals surface area contributed by atoms with Crippen LogP contribution in [0.3, 0.4) is 0 Å². The predicted molar refractivity (Wildman–Crippen MR) is 128 cm³/mol. The summed E-state index contributed by atoms with van der Waals surface area (Å²) in [6, 6.07) is 15.8. The summed E-state index contributed by atoms with van der Waals surface area (Å²) in [5, 5.41) is 3.41. The normalized spacial score (nSPS) is 17.0. The van der Waals surface area contributed by atoms with Gasteiger partial charge in [0.25, 0.3) is 10.0 Å². The molecule has 33 heavy (non-hydrogen) atoms. The highest BCUT2D eigenvalue weighted by atomic mass is 32.2. The Bertz CT molecular complexity index is 1230. The van der Waals surface area contributed by atoms with E-state index in [0.29, 0.717) is 36.3 Å². The largest absolute Gasteiger partial charge is 0.493 e. The molecule has 0 saturated carbocycles. The highest BCUT2D eigenvalue weighted by Crippen LogP contribution is 2.32. The van der Waals surface area contributed by atoms with Gasteiger partial charge in [-0.05, 0) is 49.6 Å². The summed E-state index contributed by atoms with van der Waals surface area (Å²) in [4.78, 5) is 8.92. The summed E-state index contributed by atoms with van der Waals surface area (Å²) in [5.74, 6) is 1.28. The number of fused-ring (bicyclic) bond motifs is 4. The smallest absolute Gasteiger partial charge is 0.264 e. The van der Waals surface area contributed by atoms with Gasteiger partial charge in [0.05, 0.1) is 23.2 Å². The number of sulfonamides is 1. The van der Waals surface area contributed by atoms with Gasteiger partial charge in [0, 0.05) is 17.3 Å². The van der Waals surface area contributed by atoms with Crippen LogP contribution in [0, 0.1) is 5.92 Å². The number of para-hydroxylation sites is 1. The van der Waals surface area contributed by atoms with E-state index in [0.717, 1.165) is 12.0 Å². The molecule has 9 heteroatoms. The van der Waals surface area contributed by atoms with E-state index >= 15 is 0 Å². The Kier molecular flexibility index (Phi) is 6.69. The average molecular weight is 469 g/mol. The molecule has 0 amide bonds. The van der Waals surface area contributed by atoms with Crippen molar-refractivity contribution in [3.63, 3.8) is 0 Å². The average Bonchev–Trinajstić information content (AvgIpc) is 2.77. The van der Waals surface area contributed by atoms with Crippen LogP contribution in [0.1, 0.15) is 27.2 Å². The third kappa shape index (κ3) is 5.54. The number of benzene rings is 2. The molecule has 4 rings (SSSR count). The minimum absolute atomic E-state index is 0.0343. The number of aromatic nitrogens is 2. The molecule has 1 aromatic heterocycles. The highest BCUT2D eigenvalue weighted by Gasteiger charge is 2.21. The number of nitrogens with zero attached hydrogens (tertiary/aromatic N) is 2. The van der Waals surface area contributed by atoms with Crippen molar-refractivity contribution in [2.24, 2.45) is 5.92 Å². The molecule has 174 valence electrons. The van der Waals surface area contributed by atoms with Gasteiger partial charge >= 0.3 is 0 Å². The maximum absolute atomic E-state index is 13.1. The van der Waals surface area contributed by atoms with Crippen LogP contribution in [0.15, 0.2) is 59.5 Å². The molecule has 2 N–H and O–H groups in total. The van der Waals surface area contributed by atoms with Crippen LogP contribution >= 0.6 is 0 Å². The summed E-state index contributed by atoms with van der Waals surface area (Å²) in [6.07, 6.45) is 0.840. The predicted octanol–water partition coefficient (Wildman–Crippen LogP) is 4.56. The first kappa shape index (κ1) is 22.8. The molecule has 1 aliphatic rings. The van der Waals surface area contributed by atoms with Crippen LogP contribution in [0.4, 0.5) is 11.6 Å². The van der Waals surface area contributed by atoms with Crippen LogP contribution in [0.25, 0.3) is 11.3 Å². The summed E-state index contributed by atoms with van der Waals surface area (Å²) >= 11 is 0. The van der Waals surface area contributed by atoms with Crippen LogP contribution in [-0.2, 0) is 10.0 Å². The van der Waals surface area contributed by atoms with Gasteiger partial charge in [-0.25, -0.2) is 18.1 Å². The van der Waals surface area contributed by atoms with Crippen molar-refractivity contribution in [3.8, 4) is 22.9 Å². The lowest BCUT2D eigenvalue weighted by molar-refractivity contribution is 0.271. The molecule has 0 aliphatic carbocycles. The van der Waals surface area contributed by atoms with E-state index in [9.17, 15) is 8.42 Å². The fraction of sp³-hybridized carbons (Fsp3) is 0.333. The third-order valence-corrected chi connectivity index (χ3v) is 6.42. The van der Waals surface area contributed by atoms with Crippen molar-refractivity contribution in [2.45, 2.75) is 38.1 Å². The number of nitrogens with one attached hydrogen (secondary N) is 2. The first-order valence-corrected chi connectivity index (χ1v) is 12.5. The first-order valence-electron chi connectivity index (χ1n) is 11.0. The van der Waals surface area contributed by atoms with Gasteiger partial charge in [-0.2, -0.15) is 4.98 Å². The maximum atomic E-state index is 13.1.